The zero-order valence-electron chi connectivity index (χ0n) is 15.9. The van der Waals surface area contributed by atoms with Crippen LogP contribution < -0.4 is 14.2 Å². The van der Waals surface area contributed by atoms with E-state index < -0.39 is 5.82 Å². The van der Waals surface area contributed by atoms with E-state index in [2.05, 4.69) is 0 Å². The van der Waals surface area contributed by atoms with E-state index in [1.54, 1.807) is 26.4 Å². The molecule has 2 aromatic carbocycles. The molecule has 1 aliphatic heterocycles. The number of hydrogen-bond donors (Lipinski definition) is 0. The quantitative estimate of drug-likeness (QED) is 0.779. The topological polar surface area (TPSA) is 48.0 Å². The van der Waals surface area contributed by atoms with Crippen LogP contribution in [0.3, 0.4) is 0 Å². The molecule has 0 spiro atoms. The summed E-state index contributed by atoms with van der Waals surface area (Å²) in [5.41, 5.74) is 3.03. The monoisotopic (exact) mass is 373 g/mol. The Hall–Kier alpha value is -2.76. The van der Waals surface area contributed by atoms with Crippen LogP contribution in [0.15, 0.2) is 30.3 Å². The number of ether oxygens (including phenoxy) is 3. The van der Waals surface area contributed by atoms with Crippen LogP contribution in [0, 0.1) is 5.82 Å². The number of rotatable bonds is 6. The van der Waals surface area contributed by atoms with E-state index in [0.29, 0.717) is 37.4 Å². The van der Waals surface area contributed by atoms with Crippen LogP contribution in [0.5, 0.6) is 17.2 Å². The normalized spacial score (nSPS) is 13.1. The lowest BCUT2D eigenvalue weighted by molar-refractivity contribution is -0.132. The minimum atomic E-state index is -0.407. The molecule has 0 aromatic heterocycles. The standard InChI is InChI=1S/C21H24FNO4/c1-25-18-6-4-14(10-17(18)22)5-7-21(24)23-9-8-15-11-19(26-2)20(27-3)12-16(15)13-23/h4,6,10-12H,5,7-9,13H2,1-3H3. The van der Waals surface area contributed by atoms with Gasteiger partial charge in [-0.2, -0.15) is 0 Å². The Labute approximate surface area is 158 Å². The predicted octanol–water partition coefficient (Wildman–Crippen LogP) is 3.37. The Balaban J connectivity index is 1.64. The fourth-order valence-corrected chi connectivity index (χ4v) is 3.37. The highest BCUT2D eigenvalue weighted by Crippen LogP contribution is 2.33. The molecular weight excluding hydrogens is 349 g/mol. The molecule has 1 amide bonds. The van der Waals surface area contributed by atoms with Crippen molar-refractivity contribution in [2.75, 3.05) is 27.9 Å². The largest absolute Gasteiger partial charge is 0.494 e. The summed E-state index contributed by atoms with van der Waals surface area (Å²) in [5, 5.41) is 0. The second kappa shape index (κ2) is 8.29. The van der Waals surface area contributed by atoms with Crippen molar-refractivity contribution in [1.82, 2.24) is 4.90 Å². The number of aryl methyl sites for hydroxylation is 1. The molecule has 5 nitrogen and oxygen atoms in total. The molecular formula is C21H24FNO4. The highest BCUT2D eigenvalue weighted by molar-refractivity contribution is 5.77. The summed E-state index contributed by atoms with van der Waals surface area (Å²) in [7, 11) is 4.65. The molecule has 0 atom stereocenters. The zero-order chi connectivity index (χ0) is 19.4. The van der Waals surface area contributed by atoms with Gasteiger partial charge in [0.05, 0.1) is 21.3 Å². The van der Waals surface area contributed by atoms with E-state index >= 15 is 0 Å². The molecule has 27 heavy (non-hydrogen) atoms. The average molecular weight is 373 g/mol. The van der Waals surface area contributed by atoms with E-state index in [-0.39, 0.29) is 11.7 Å². The van der Waals surface area contributed by atoms with Crippen LogP contribution in [-0.2, 0) is 24.2 Å². The molecule has 6 heteroatoms. The highest BCUT2D eigenvalue weighted by Gasteiger charge is 2.22. The molecule has 0 unspecified atom stereocenters. The van der Waals surface area contributed by atoms with Gasteiger partial charge in [-0.3, -0.25) is 4.79 Å². The maximum absolute atomic E-state index is 13.8. The van der Waals surface area contributed by atoms with Crippen molar-refractivity contribution >= 4 is 5.91 Å². The first-order valence-corrected chi connectivity index (χ1v) is 8.89. The van der Waals surface area contributed by atoms with Crippen molar-refractivity contribution in [3.8, 4) is 17.2 Å². The second-order valence-corrected chi connectivity index (χ2v) is 6.51. The summed E-state index contributed by atoms with van der Waals surface area (Å²) in [5.74, 6) is 1.24. The van der Waals surface area contributed by atoms with Crippen molar-refractivity contribution in [1.29, 1.82) is 0 Å². The fourth-order valence-electron chi connectivity index (χ4n) is 3.37. The molecule has 1 aliphatic rings. The lowest BCUT2D eigenvalue weighted by Gasteiger charge is -2.29. The van der Waals surface area contributed by atoms with E-state index in [9.17, 15) is 9.18 Å². The maximum atomic E-state index is 13.8. The number of carbonyl (C=O) groups excluding carboxylic acids is 1. The molecule has 0 aliphatic carbocycles. The fraction of sp³-hybridized carbons (Fsp3) is 0.381. The van der Waals surface area contributed by atoms with E-state index in [1.165, 1.54) is 18.7 Å². The van der Waals surface area contributed by atoms with Gasteiger partial charge >= 0.3 is 0 Å². The van der Waals surface area contributed by atoms with Gasteiger partial charge in [0.25, 0.3) is 0 Å². The van der Waals surface area contributed by atoms with Crippen LogP contribution in [0.4, 0.5) is 4.39 Å². The highest BCUT2D eigenvalue weighted by atomic mass is 19.1. The number of nitrogens with zero attached hydrogens (tertiary/aromatic N) is 1. The first-order valence-electron chi connectivity index (χ1n) is 8.89. The number of benzene rings is 2. The maximum Gasteiger partial charge on any atom is 0.223 e. The Bertz CT molecular complexity index is 837. The van der Waals surface area contributed by atoms with Crippen LogP contribution in [-0.4, -0.2) is 38.7 Å². The third-order valence-electron chi connectivity index (χ3n) is 4.91. The summed E-state index contributed by atoms with van der Waals surface area (Å²) >= 11 is 0. The Morgan fingerprint density at radius 3 is 2.30 bits per heavy atom. The Morgan fingerprint density at radius 1 is 1.00 bits per heavy atom. The molecule has 0 fully saturated rings. The summed E-state index contributed by atoms with van der Waals surface area (Å²) < 4.78 is 29.4. The minimum absolute atomic E-state index is 0.0617. The predicted molar refractivity (Wildman–Crippen MR) is 99.9 cm³/mol. The third kappa shape index (κ3) is 4.15. The van der Waals surface area contributed by atoms with Gasteiger partial charge in [0.1, 0.15) is 0 Å². The lowest BCUT2D eigenvalue weighted by atomic mass is 9.98. The summed E-state index contributed by atoms with van der Waals surface area (Å²) in [6.45, 7) is 1.21. The van der Waals surface area contributed by atoms with E-state index in [4.69, 9.17) is 14.2 Å². The third-order valence-corrected chi connectivity index (χ3v) is 4.91. The number of halogens is 1. The van der Waals surface area contributed by atoms with Gasteiger partial charge in [0, 0.05) is 19.5 Å². The molecule has 0 radical (unpaired) electrons. The van der Waals surface area contributed by atoms with Crippen molar-refractivity contribution in [3.05, 3.63) is 52.8 Å². The first kappa shape index (κ1) is 19.0. The number of fused-ring (bicyclic) bond motifs is 1. The number of methoxy groups -OCH3 is 3. The van der Waals surface area contributed by atoms with Gasteiger partial charge in [-0.1, -0.05) is 6.07 Å². The average Bonchev–Trinajstić information content (AvgIpc) is 2.70. The first-order chi connectivity index (χ1) is 13.0. The van der Waals surface area contributed by atoms with Crippen LogP contribution in [0.25, 0.3) is 0 Å². The summed E-state index contributed by atoms with van der Waals surface area (Å²) in [6.07, 6.45) is 1.61. The molecule has 0 bridgehead atoms. The lowest BCUT2D eigenvalue weighted by Crippen LogP contribution is -2.36. The number of carbonyl (C=O) groups is 1. The molecule has 0 N–H and O–H groups in total. The van der Waals surface area contributed by atoms with Gasteiger partial charge in [-0.15, -0.1) is 0 Å². The molecule has 2 aromatic rings. The molecule has 144 valence electrons. The van der Waals surface area contributed by atoms with Crippen molar-refractivity contribution < 1.29 is 23.4 Å². The smallest absolute Gasteiger partial charge is 0.223 e. The molecule has 1 heterocycles. The van der Waals surface area contributed by atoms with Crippen LogP contribution in [0.2, 0.25) is 0 Å². The molecule has 0 saturated carbocycles. The van der Waals surface area contributed by atoms with Crippen molar-refractivity contribution in [2.24, 2.45) is 0 Å². The van der Waals surface area contributed by atoms with Gasteiger partial charge in [-0.25, -0.2) is 4.39 Å². The van der Waals surface area contributed by atoms with Gasteiger partial charge in [-0.05, 0) is 53.8 Å². The summed E-state index contributed by atoms with van der Waals surface area (Å²) in [4.78, 5) is 14.5. The summed E-state index contributed by atoms with van der Waals surface area (Å²) in [6, 6.07) is 8.72. The second-order valence-electron chi connectivity index (χ2n) is 6.51. The minimum Gasteiger partial charge on any atom is -0.494 e. The molecule has 0 saturated heterocycles. The van der Waals surface area contributed by atoms with Crippen LogP contribution >= 0.6 is 0 Å². The van der Waals surface area contributed by atoms with Crippen LogP contribution in [0.1, 0.15) is 23.1 Å². The SMILES string of the molecule is COc1ccc(CCC(=O)N2CCc3cc(OC)c(OC)cc3C2)cc1F. The Kier molecular flexibility index (Phi) is 5.84. The Morgan fingerprint density at radius 2 is 1.67 bits per heavy atom. The number of amides is 1. The van der Waals surface area contributed by atoms with Gasteiger partial charge in [0.15, 0.2) is 23.1 Å². The van der Waals surface area contributed by atoms with Crippen molar-refractivity contribution in [3.63, 3.8) is 0 Å². The number of hydrogen-bond acceptors (Lipinski definition) is 4. The van der Waals surface area contributed by atoms with E-state index in [0.717, 1.165) is 17.5 Å². The molecule has 3 rings (SSSR count). The van der Waals surface area contributed by atoms with Gasteiger partial charge in [0.2, 0.25) is 5.91 Å². The van der Waals surface area contributed by atoms with Crippen molar-refractivity contribution in [2.45, 2.75) is 25.8 Å². The van der Waals surface area contributed by atoms with Gasteiger partial charge < -0.3 is 19.1 Å². The zero-order valence-corrected chi connectivity index (χ0v) is 15.9. The van der Waals surface area contributed by atoms with E-state index in [1.807, 2.05) is 17.0 Å².